The van der Waals surface area contributed by atoms with E-state index in [4.69, 9.17) is 5.11 Å². The van der Waals surface area contributed by atoms with Crippen LogP contribution in [0.1, 0.15) is 20.8 Å². The van der Waals surface area contributed by atoms with Crippen molar-refractivity contribution in [3.8, 4) is 0 Å². The van der Waals surface area contributed by atoms with Gasteiger partial charge in [0.2, 0.25) is 0 Å². The van der Waals surface area contributed by atoms with Gasteiger partial charge in [0.1, 0.15) is 0 Å². The third kappa shape index (κ3) is 66.7. The van der Waals surface area contributed by atoms with Crippen LogP contribution < -0.4 is 0 Å². The zero-order chi connectivity index (χ0) is 4.50. The second-order valence-corrected chi connectivity index (χ2v) is 2.17. The molecule has 0 aromatic rings. The third-order valence-corrected chi connectivity index (χ3v) is 0. The van der Waals surface area contributed by atoms with Crippen LogP contribution in [0.15, 0.2) is 0 Å². The van der Waals surface area contributed by atoms with Crippen LogP contribution in [0, 0.1) is 35.6 Å². The van der Waals surface area contributed by atoms with E-state index in [1.807, 2.05) is 0 Å². The molecule has 0 saturated carbocycles. The Hall–Kier alpha value is 1.15. The van der Waals surface area contributed by atoms with Gasteiger partial charge in [-0.25, -0.2) is 0 Å². The molecule has 0 aromatic heterocycles. The summed E-state index contributed by atoms with van der Waals surface area (Å²) in [5.41, 5.74) is -0.500. The Morgan fingerprint density at radius 1 is 1.17 bits per heavy atom. The standard InChI is InChI=1S/C4H10O.La/c1-4(2,3)5;/h5H,1-3H3;. The molecule has 6 heavy (non-hydrogen) atoms. The molecule has 0 aliphatic heterocycles. The van der Waals surface area contributed by atoms with Gasteiger partial charge in [0.05, 0.1) is 5.60 Å². The molecule has 1 radical (unpaired) electrons. The second kappa shape index (κ2) is 3.19. The summed E-state index contributed by atoms with van der Waals surface area (Å²) in [4.78, 5) is 0. The van der Waals surface area contributed by atoms with E-state index in [0.717, 1.165) is 0 Å². The third-order valence-electron chi connectivity index (χ3n) is 0. The summed E-state index contributed by atoms with van der Waals surface area (Å²) in [5.74, 6) is 0. The smallest absolute Gasteiger partial charge is 0.0563 e. The Morgan fingerprint density at radius 3 is 1.17 bits per heavy atom. The molecule has 0 aliphatic carbocycles. The summed E-state index contributed by atoms with van der Waals surface area (Å²) < 4.78 is 0. The largest absolute Gasteiger partial charge is 0.391 e. The molecule has 0 rings (SSSR count). The molecule has 0 aliphatic rings. The van der Waals surface area contributed by atoms with Crippen molar-refractivity contribution in [2.45, 2.75) is 26.4 Å². The van der Waals surface area contributed by atoms with Crippen LogP contribution in [0.25, 0.3) is 0 Å². The minimum atomic E-state index is -0.500. The summed E-state index contributed by atoms with van der Waals surface area (Å²) >= 11 is 0. The average molecular weight is 213 g/mol. The van der Waals surface area contributed by atoms with Gasteiger partial charge in [-0.2, -0.15) is 0 Å². The van der Waals surface area contributed by atoms with Gasteiger partial charge >= 0.3 is 0 Å². The van der Waals surface area contributed by atoms with Crippen LogP contribution in [0.5, 0.6) is 0 Å². The van der Waals surface area contributed by atoms with Crippen LogP contribution in [-0.2, 0) is 0 Å². The van der Waals surface area contributed by atoms with Crippen LogP contribution >= 0.6 is 0 Å². The zero-order valence-corrected chi connectivity index (χ0v) is 8.15. The summed E-state index contributed by atoms with van der Waals surface area (Å²) in [6, 6.07) is 0. The Kier molecular flexibility index (Phi) is 5.43. The first-order valence-corrected chi connectivity index (χ1v) is 1.72. The van der Waals surface area contributed by atoms with Crippen molar-refractivity contribution in [3.05, 3.63) is 0 Å². The fraction of sp³-hybridized carbons (Fsp3) is 1.00. The topological polar surface area (TPSA) is 20.2 Å². The molecule has 35 valence electrons. The quantitative estimate of drug-likeness (QED) is 0.630. The Bertz CT molecular complexity index is 23.0. The van der Waals surface area contributed by atoms with Crippen LogP contribution in [0.3, 0.4) is 0 Å². The zero-order valence-electron chi connectivity index (χ0n) is 4.52. The molecule has 0 atom stereocenters. The summed E-state index contributed by atoms with van der Waals surface area (Å²) in [5, 5.41) is 8.52. The monoisotopic (exact) mass is 213 g/mol. The van der Waals surface area contributed by atoms with Crippen LogP contribution in [0.4, 0.5) is 0 Å². The van der Waals surface area contributed by atoms with E-state index >= 15 is 0 Å². The predicted molar refractivity (Wildman–Crippen MR) is 22.0 cm³/mol. The second-order valence-electron chi connectivity index (χ2n) is 2.17. The van der Waals surface area contributed by atoms with Crippen LogP contribution in [-0.4, -0.2) is 10.7 Å². The molecule has 0 unspecified atom stereocenters. The van der Waals surface area contributed by atoms with E-state index in [1.54, 1.807) is 20.8 Å². The van der Waals surface area contributed by atoms with E-state index in [0.29, 0.717) is 0 Å². The fourth-order valence-electron chi connectivity index (χ4n) is 0. The molecular weight excluding hydrogens is 203 g/mol. The van der Waals surface area contributed by atoms with Gasteiger partial charge < -0.3 is 5.11 Å². The molecule has 0 bridgehead atoms. The van der Waals surface area contributed by atoms with Crippen molar-refractivity contribution in [1.82, 2.24) is 0 Å². The molecule has 0 amide bonds. The van der Waals surface area contributed by atoms with Crippen molar-refractivity contribution in [3.63, 3.8) is 0 Å². The minimum Gasteiger partial charge on any atom is -0.391 e. The van der Waals surface area contributed by atoms with Gasteiger partial charge in [-0.1, -0.05) is 0 Å². The van der Waals surface area contributed by atoms with Crippen molar-refractivity contribution >= 4 is 0 Å². The maximum atomic E-state index is 8.52. The van der Waals surface area contributed by atoms with Crippen molar-refractivity contribution < 1.29 is 40.7 Å². The van der Waals surface area contributed by atoms with E-state index < -0.39 is 5.60 Å². The molecule has 0 saturated heterocycles. The van der Waals surface area contributed by atoms with Crippen molar-refractivity contribution in [2.24, 2.45) is 0 Å². The minimum absolute atomic E-state index is 0. The number of rotatable bonds is 0. The summed E-state index contributed by atoms with van der Waals surface area (Å²) in [7, 11) is 0. The number of hydrogen-bond donors (Lipinski definition) is 1. The van der Waals surface area contributed by atoms with Gasteiger partial charge in [0.25, 0.3) is 0 Å². The first-order chi connectivity index (χ1) is 2.00. The van der Waals surface area contributed by atoms with Gasteiger partial charge in [-0.05, 0) is 20.8 Å². The summed E-state index contributed by atoms with van der Waals surface area (Å²) in [6.45, 7) is 5.23. The molecular formula is C4H10LaO. The van der Waals surface area contributed by atoms with Crippen molar-refractivity contribution in [2.75, 3.05) is 0 Å². The number of hydrogen-bond acceptors (Lipinski definition) is 1. The van der Waals surface area contributed by atoms with E-state index in [-0.39, 0.29) is 35.6 Å². The van der Waals surface area contributed by atoms with Crippen molar-refractivity contribution in [1.29, 1.82) is 0 Å². The van der Waals surface area contributed by atoms with E-state index in [2.05, 4.69) is 0 Å². The Balaban J connectivity index is 0. The summed E-state index contributed by atoms with van der Waals surface area (Å²) in [6.07, 6.45) is 0. The predicted octanol–water partition coefficient (Wildman–Crippen LogP) is 0.777. The molecule has 1 nitrogen and oxygen atoms in total. The molecule has 0 aromatic carbocycles. The molecule has 1 N–H and O–H groups in total. The first kappa shape index (κ1) is 10.2. The van der Waals surface area contributed by atoms with Gasteiger partial charge in [-0.3, -0.25) is 0 Å². The SMILES string of the molecule is CC(C)(C)O.[La]. The Labute approximate surface area is 66.7 Å². The van der Waals surface area contributed by atoms with Gasteiger partial charge in [0, 0.05) is 35.6 Å². The maximum Gasteiger partial charge on any atom is 0.0563 e. The molecule has 0 fully saturated rings. The first-order valence-electron chi connectivity index (χ1n) is 1.72. The average Bonchev–Trinajstić information content (AvgIpc) is 0.722. The maximum absolute atomic E-state index is 8.52. The fourth-order valence-corrected chi connectivity index (χ4v) is 0. The van der Waals surface area contributed by atoms with E-state index in [9.17, 15) is 0 Å². The van der Waals surface area contributed by atoms with Gasteiger partial charge in [0.15, 0.2) is 0 Å². The van der Waals surface area contributed by atoms with Gasteiger partial charge in [-0.15, -0.1) is 0 Å². The molecule has 0 spiro atoms. The van der Waals surface area contributed by atoms with E-state index in [1.165, 1.54) is 0 Å². The Morgan fingerprint density at radius 2 is 1.17 bits per heavy atom. The number of aliphatic hydroxyl groups is 1. The molecule has 2 heteroatoms. The normalized spacial score (nSPS) is 10.0. The molecule has 0 heterocycles. The van der Waals surface area contributed by atoms with Crippen LogP contribution in [0.2, 0.25) is 0 Å².